The molecule has 5 heteroatoms. The molecule has 0 aromatic heterocycles. The Hall–Kier alpha value is -1.75. The first-order valence-corrected chi connectivity index (χ1v) is 6.59. The predicted octanol–water partition coefficient (Wildman–Crippen LogP) is 1.36. The fraction of sp³-hybridized carbons (Fsp3) is 0.500. The first kappa shape index (κ1) is 13.7. The second-order valence-corrected chi connectivity index (χ2v) is 5.05. The van der Waals surface area contributed by atoms with Crippen molar-refractivity contribution in [3.63, 3.8) is 0 Å². The Labute approximate surface area is 112 Å². The molecule has 0 saturated heterocycles. The van der Waals surface area contributed by atoms with Crippen LogP contribution < -0.4 is 10.6 Å². The minimum atomic E-state index is -0.251. The lowest BCUT2D eigenvalue weighted by molar-refractivity contribution is 0.0924. The maximum atomic E-state index is 12.0. The van der Waals surface area contributed by atoms with Gasteiger partial charge in [0.15, 0.2) is 0 Å². The lowest BCUT2D eigenvalue weighted by Crippen LogP contribution is -2.41. The molecule has 0 radical (unpaired) electrons. The number of hydrogen-bond donors (Lipinski definition) is 4. The van der Waals surface area contributed by atoms with Gasteiger partial charge in [-0.05, 0) is 44.9 Å². The molecule has 0 spiro atoms. The highest BCUT2D eigenvalue weighted by Crippen LogP contribution is 2.22. The number of amides is 1. The van der Waals surface area contributed by atoms with E-state index >= 15 is 0 Å². The molecule has 1 aliphatic carbocycles. The SMILES string of the molecule is CNC1CCC(NC(=O)c2cc(O)cc(O)c2)CC1. The molecule has 1 aromatic carbocycles. The van der Waals surface area contributed by atoms with Crippen LogP contribution in [0.3, 0.4) is 0 Å². The third-order valence-corrected chi connectivity index (χ3v) is 3.64. The number of nitrogens with one attached hydrogen (secondary N) is 2. The van der Waals surface area contributed by atoms with Gasteiger partial charge in [0.25, 0.3) is 5.91 Å². The summed E-state index contributed by atoms with van der Waals surface area (Å²) in [6, 6.07) is 4.62. The normalized spacial score (nSPS) is 23.0. The number of hydrogen-bond acceptors (Lipinski definition) is 4. The molecule has 1 aliphatic rings. The van der Waals surface area contributed by atoms with Crippen LogP contribution >= 0.6 is 0 Å². The van der Waals surface area contributed by atoms with Gasteiger partial charge < -0.3 is 20.8 Å². The molecule has 1 saturated carbocycles. The molecule has 4 N–H and O–H groups in total. The van der Waals surface area contributed by atoms with Gasteiger partial charge in [0.05, 0.1) is 0 Å². The van der Waals surface area contributed by atoms with E-state index in [9.17, 15) is 15.0 Å². The Morgan fingerprint density at radius 2 is 1.58 bits per heavy atom. The van der Waals surface area contributed by atoms with Crippen LogP contribution in [0, 0.1) is 0 Å². The van der Waals surface area contributed by atoms with Gasteiger partial charge in [-0.3, -0.25) is 4.79 Å². The van der Waals surface area contributed by atoms with Gasteiger partial charge in [0, 0.05) is 23.7 Å². The first-order chi connectivity index (χ1) is 9.08. The lowest BCUT2D eigenvalue weighted by atomic mass is 9.91. The molecular formula is C14H20N2O3. The van der Waals surface area contributed by atoms with E-state index in [-0.39, 0.29) is 29.0 Å². The van der Waals surface area contributed by atoms with Crippen LogP contribution in [0.15, 0.2) is 18.2 Å². The summed E-state index contributed by atoms with van der Waals surface area (Å²) in [5.74, 6) is -0.466. The maximum absolute atomic E-state index is 12.0. The number of aromatic hydroxyl groups is 2. The fourth-order valence-corrected chi connectivity index (χ4v) is 2.52. The molecule has 19 heavy (non-hydrogen) atoms. The monoisotopic (exact) mass is 264 g/mol. The van der Waals surface area contributed by atoms with Crippen LogP contribution in [0.25, 0.3) is 0 Å². The van der Waals surface area contributed by atoms with E-state index in [0.29, 0.717) is 6.04 Å². The van der Waals surface area contributed by atoms with E-state index in [1.165, 1.54) is 18.2 Å². The molecule has 1 fully saturated rings. The Balaban J connectivity index is 1.94. The highest BCUT2D eigenvalue weighted by Gasteiger charge is 2.21. The van der Waals surface area contributed by atoms with E-state index < -0.39 is 0 Å². The Morgan fingerprint density at radius 1 is 1.05 bits per heavy atom. The molecule has 2 rings (SSSR count). The van der Waals surface area contributed by atoms with Gasteiger partial charge in [-0.25, -0.2) is 0 Å². The zero-order valence-electron chi connectivity index (χ0n) is 11.0. The minimum Gasteiger partial charge on any atom is -0.508 e. The summed E-state index contributed by atoms with van der Waals surface area (Å²) in [4.78, 5) is 12.0. The van der Waals surface area contributed by atoms with Gasteiger partial charge in [-0.1, -0.05) is 0 Å². The summed E-state index contributed by atoms with van der Waals surface area (Å²) in [5, 5.41) is 24.9. The van der Waals surface area contributed by atoms with Crippen molar-refractivity contribution >= 4 is 5.91 Å². The van der Waals surface area contributed by atoms with Crippen molar-refractivity contribution in [2.45, 2.75) is 37.8 Å². The number of carbonyl (C=O) groups excluding carboxylic acids is 1. The van der Waals surface area contributed by atoms with Crippen molar-refractivity contribution in [3.8, 4) is 11.5 Å². The third-order valence-electron chi connectivity index (χ3n) is 3.64. The molecule has 0 aliphatic heterocycles. The topological polar surface area (TPSA) is 81.6 Å². The van der Waals surface area contributed by atoms with Crippen LogP contribution in [-0.4, -0.2) is 35.3 Å². The van der Waals surface area contributed by atoms with Crippen molar-refractivity contribution in [3.05, 3.63) is 23.8 Å². The van der Waals surface area contributed by atoms with E-state index in [0.717, 1.165) is 25.7 Å². The van der Waals surface area contributed by atoms with Crippen molar-refractivity contribution < 1.29 is 15.0 Å². The van der Waals surface area contributed by atoms with Crippen LogP contribution in [0.5, 0.6) is 11.5 Å². The third kappa shape index (κ3) is 3.61. The summed E-state index contributed by atoms with van der Waals surface area (Å²) in [6.45, 7) is 0. The summed E-state index contributed by atoms with van der Waals surface area (Å²) in [7, 11) is 1.96. The van der Waals surface area contributed by atoms with Crippen molar-refractivity contribution in [1.29, 1.82) is 0 Å². The van der Waals surface area contributed by atoms with Crippen LogP contribution in [0.2, 0.25) is 0 Å². The summed E-state index contributed by atoms with van der Waals surface area (Å²) < 4.78 is 0. The predicted molar refractivity (Wildman–Crippen MR) is 72.3 cm³/mol. The highest BCUT2D eigenvalue weighted by molar-refractivity contribution is 5.95. The zero-order chi connectivity index (χ0) is 13.8. The van der Waals surface area contributed by atoms with Crippen molar-refractivity contribution in [2.75, 3.05) is 7.05 Å². The molecule has 1 aromatic rings. The molecular weight excluding hydrogens is 244 g/mol. The second-order valence-electron chi connectivity index (χ2n) is 5.05. The van der Waals surface area contributed by atoms with Gasteiger partial charge in [-0.2, -0.15) is 0 Å². The average molecular weight is 264 g/mol. The Morgan fingerprint density at radius 3 is 2.11 bits per heavy atom. The van der Waals surface area contributed by atoms with Crippen LogP contribution in [0.4, 0.5) is 0 Å². The molecule has 0 atom stereocenters. The summed E-state index contributed by atoms with van der Waals surface area (Å²) in [6.07, 6.45) is 3.99. The fourth-order valence-electron chi connectivity index (χ4n) is 2.52. The Kier molecular flexibility index (Phi) is 4.27. The number of carbonyl (C=O) groups is 1. The highest BCUT2D eigenvalue weighted by atomic mass is 16.3. The Bertz CT molecular complexity index is 434. The summed E-state index contributed by atoms with van der Waals surface area (Å²) in [5.41, 5.74) is 0.285. The zero-order valence-corrected chi connectivity index (χ0v) is 11.0. The lowest BCUT2D eigenvalue weighted by Gasteiger charge is -2.28. The summed E-state index contributed by atoms with van der Waals surface area (Å²) >= 11 is 0. The number of phenolic OH excluding ortho intramolecular Hbond substituents is 2. The molecule has 5 nitrogen and oxygen atoms in total. The van der Waals surface area contributed by atoms with Crippen molar-refractivity contribution in [1.82, 2.24) is 10.6 Å². The van der Waals surface area contributed by atoms with E-state index in [1.54, 1.807) is 0 Å². The average Bonchev–Trinajstić information content (AvgIpc) is 2.38. The standard InChI is InChI=1S/C14H20N2O3/c1-15-10-2-4-11(5-3-10)16-14(19)9-6-12(17)8-13(18)7-9/h6-8,10-11,15,17-18H,2-5H2,1H3,(H,16,19). The molecule has 0 heterocycles. The van der Waals surface area contributed by atoms with Gasteiger partial charge in [-0.15, -0.1) is 0 Å². The van der Waals surface area contributed by atoms with Crippen LogP contribution in [-0.2, 0) is 0 Å². The van der Waals surface area contributed by atoms with E-state index in [4.69, 9.17) is 0 Å². The molecule has 104 valence electrons. The first-order valence-electron chi connectivity index (χ1n) is 6.59. The van der Waals surface area contributed by atoms with Crippen LogP contribution in [0.1, 0.15) is 36.0 Å². The second kappa shape index (κ2) is 5.93. The van der Waals surface area contributed by atoms with Gasteiger partial charge in [0.2, 0.25) is 0 Å². The smallest absolute Gasteiger partial charge is 0.251 e. The number of rotatable bonds is 3. The van der Waals surface area contributed by atoms with E-state index in [1.807, 2.05) is 7.05 Å². The quantitative estimate of drug-likeness (QED) is 0.664. The number of phenols is 2. The maximum Gasteiger partial charge on any atom is 0.251 e. The largest absolute Gasteiger partial charge is 0.508 e. The van der Waals surface area contributed by atoms with E-state index in [2.05, 4.69) is 10.6 Å². The molecule has 0 bridgehead atoms. The minimum absolute atomic E-state index is 0.107. The van der Waals surface area contributed by atoms with Crippen molar-refractivity contribution in [2.24, 2.45) is 0 Å². The number of benzene rings is 1. The molecule has 0 unspecified atom stereocenters. The van der Waals surface area contributed by atoms with Gasteiger partial charge in [0.1, 0.15) is 11.5 Å². The van der Waals surface area contributed by atoms with Gasteiger partial charge >= 0.3 is 0 Å². The molecule has 1 amide bonds.